The molecule has 0 spiro atoms. The van der Waals surface area contributed by atoms with Gasteiger partial charge in [-0.05, 0) is 33.6 Å². The number of carbonyl (C=O) groups excluding carboxylic acids is 2. The number of methoxy groups -OCH3 is 1. The Morgan fingerprint density at radius 1 is 1.25 bits per heavy atom. The molecule has 0 bridgehead atoms. The van der Waals surface area contributed by atoms with Crippen LogP contribution in [0, 0.1) is 5.41 Å². The number of hydrogen-bond donors (Lipinski definition) is 1. The first-order valence-corrected chi connectivity index (χ1v) is 7.10. The highest BCUT2D eigenvalue weighted by Crippen LogP contribution is 2.18. The number of carbonyl (C=O) groups is 2. The molecule has 6 nitrogen and oxygen atoms in total. The number of rotatable bonds is 5. The van der Waals surface area contributed by atoms with Crippen LogP contribution >= 0.6 is 0 Å². The lowest BCUT2D eigenvalue weighted by molar-refractivity contribution is -0.205. The summed E-state index contributed by atoms with van der Waals surface area (Å²) in [5.74, 6) is -0.399. The van der Waals surface area contributed by atoms with Crippen LogP contribution in [0.2, 0.25) is 0 Å². The van der Waals surface area contributed by atoms with Crippen molar-refractivity contribution in [1.29, 1.82) is 0 Å². The van der Waals surface area contributed by atoms with E-state index < -0.39 is 5.41 Å². The fraction of sp³-hybridized carbons (Fsp3) is 0.857. The van der Waals surface area contributed by atoms with Crippen molar-refractivity contribution < 1.29 is 19.2 Å². The highest BCUT2D eigenvalue weighted by molar-refractivity contribution is 5.75. The Labute approximate surface area is 120 Å². The third kappa shape index (κ3) is 5.88. The molecule has 0 saturated carbocycles. The predicted octanol–water partition coefficient (Wildman–Crippen LogP) is 1.11. The molecule has 0 unspecified atom stereocenters. The van der Waals surface area contributed by atoms with Crippen LogP contribution < -0.4 is 5.32 Å². The van der Waals surface area contributed by atoms with Crippen molar-refractivity contribution in [1.82, 2.24) is 10.4 Å². The normalized spacial score (nSPS) is 17.8. The number of hydrogen-bond acceptors (Lipinski definition) is 6. The number of hydroxylamine groups is 2. The first-order valence-electron chi connectivity index (χ1n) is 7.10. The maximum Gasteiger partial charge on any atom is 0.330 e. The molecule has 116 valence electrons. The van der Waals surface area contributed by atoms with Crippen LogP contribution in [0.5, 0.6) is 0 Å². The van der Waals surface area contributed by atoms with Crippen LogP contribution in [0.25, 0.3) is 0 Å². The SMILES string of the molecule is COC(=O)CCNC1CCN(OC(=O)C(C)(C)C)CC1. The lowest BCUT2D eigenvalue weighted by atomic mass is 9.98. The van der Waals surface area contributed by atoms with Gasteiger partial charge in [-0.25, -0.2) is 4.79 Å². The van der Waals surface area contributed by atoms with E-state index in [1.165, 1.54) is 7.11 Å². The molecule has 6 heteroatoms. The van der Waals surface area contributed by atoms with E-state index in [1.807, 2.05) is 20.8 Å². The van der Waals surface area contributed by atoms with Gasteiger partial charge in [-0.2, -0.15) is 0 Å². The second kappa shape index (κ2) is 7.59. The maximum absolute atomic E-state index is 11.8. The van der Waals surface area contributed by atoms with Crippen molar-refractivity contribution in [2.45, 2.75) is 46.1 Å². The summed E-state index contributed by atoms with van der Waals surface area (Å²) in [6, 6.07) is 0.365. The summed E-state index contributed by atoms with van der Waals surface area (Å²) in [6.07, 6.45) is 2.19. The lowest BCUT2D eigenvalue weighted by Crippen LogP contribution is -2.44. The highest BCUT2D eigenvalue weighted by atomic mass is 16.7. The van der Waals surface area contributed by atoms with Crippen LogP contribution in [0.3, 0.4) is 0 Å². The van der Waals surface area contributed by atoms with E-state index in [4.69, 9.17) is 4.84 Å². The Morgan fingerprint density at radius 3 is 2.35 bits per heavy atom. The molecule has 0 aliphatic carbocycles. The molecule has 1 fully saturated rings. The number of nitrogens with one attached hydrogen (secondary N) is 1. The van der Waals surface area contributed by atoms with E-state index in [-0.39, 0.29) is 11.9 Å². The zero-order valence-corrected chi connectivity index (χ0v) is 12.9. The van der Waals surface area contributed by atoms with Crippen molar-refractivity contribution >= 4 is 11.9 Å². The van der Waals surface area contributed by atoms with Crippen molar-refractivity contribution in [3.63, 3.8) is 0 Å². The van der Waals surface area contributed by atoms with Gasteiger partial charge in [0, 0.05) is 25.7 Å². The second-order valence-corrected chi connectivity index (χ2v) is 6.11. The Kier molecular flexibility index (Phi) is 6.42. The highest BCUT2D eigenvalue weighted by Gasteiger charge is 2.28. The molecule has 0 aromatic carbocycles. The van der Waals surface area contributed by atoms with Gasteiger partial charge < -0.3 is 14.9 Å². The lowest BCUT2D eigenvalue weighted by Gasteiger charge is -2.32. The van der Waals surface area contributed by atoms with Crippen LogP contribution in [0.4, 0.5) is 0 Å². The summed E-state index contributed by atoms with van der Waals surface area (Å²) in [6.45, 7) is 7.60. The number of esters is 1. The van der Waals surface area contributed by atoms with Crippen LogP contribution in [-0.4, -0.2) is 49.8 Å². The fourth-order valence-electron chi connectivity index (χ4n) is 1.89. The minimum absolute atomic E-state index is 0.199. The Hall–Kier alpha value is -1.14. The summed E-state index contributed by atoms with van der Waals surface area (Å²) in [5.41, 5.74) is -0.477. The minimum Gasteiger partial charge on any atom is -0.469 e. The Morgan fingerprint density at radius 2 is 1.85 bits per heavy atom. The predicted molar refractivity (Wildman–Crippen MR) is 74.8 cm³/mol. The van der Waals surface area contributed by atoms with Gasteiger partial charge in [0.1, 0.15) is 0 Å². The van der Waals surface area contributed by atoms with E-state index in [2.05, 4.69) is 10.1 Å². The average molecular weight is 286 g/mol. The molecular formula is C14H26N2O4. The molecule has 1 aliphatic heterocycles. The smallest absolute Gasteiger partial charge is 0.330 e. The molecule has 1 rings (SSSR count). The molecule has 1 N–H and O–H groups in total. The van der Waals surface area contributed by atoms with Crippen molar-refractivity contribution in [3.8, 4) is 0 Å². The molecule has 1 aliphatic rings. The van der Waals surface area contributed by atoms with Crippen molar-refractivity contribution in [3.05, 3.63) is 0 Å². The summed E-state index contributed by atoms with van der Waals surface area (Å²) >= 11 is 0. The number of nitrogens with zero attached hydrogens (tertiary/aromatic N) is 1. The van der Waals surface area contributed by atoms with E-state index in [0.717, 1.165) is 25.9 Å². The quantitative estimate of drug-likeness (QED) is 0.764. The Balaban J connectivity index is 2.20. The van der Waals surface area contributed by atoms with Gasteiger partial charge in [-0.3, -0.25) is 4.79 Å². The van der Waals surface area contributed by atoms with Gasteiger partial charge in [0.25, 0.3) is 0 Å². The number of piperidine rings is 1. The molecule has 0 aromatic heterocycles. The summed E-state index contributed by atoms with van der Waals surface area (Å²) in [5, 5.41) is 5.05. The van der Waals surface area contributed by atoms with E-state index in [9.17, 15) is 9.59 Å². The zero-order valence-electron chi connectivity index (χ0n) is 12.9. The maximum atomic E-state index is 11.8. The first kappa shape index (κ1) is 16.9. The summed E-state index contributed by atoms with van der Waals surface area (Å²) < 4.78 is 4.59. The summed E-state index contributed by atoms with van der Waals surface area (Å²) in [4.78, 5) is 28.1. The van der Waals surface area contributed by atoms with Gasteiger partial charge >= 0.3 is 11.9 Å². The van der Waals surface area contributed by atoms with Crippen molar-refractivity contribution in [2.24, 2.45) is 5.41 Å². The molecular weight excluding hydrogens is 260 g/mol. The molecule has 0 atom stereocenters. The molecule has 0 amide bonds. The van der Waals surface area contributed by atoms with E-state index >= 15 is 0 Å². The third-order valence-electron chi connectivity index (χ3n) is 3.27. The first-order chi connectivity index (χ1) is 9.32. The monoisotopic (exact) mass is 286 g/mol. The van der Waals surface area contributed by atoms with Crippen LogP contribution in [0.1, 0.15) is 40.0 Å². The van der Waals surface area contributed by atoms with Gasteiger partial charge in [-0.1, -0.05) is 0 Å². The summed E-state index contributed by atoms with van der Waals surface area (Å²) in [7, 11) is 1.39. The molecule has 20 heavy (non-hydrogen) atoms. The fourth-order valence-corrected chi connectivity index (χ4v) is 1.89. The van der Waals surface area contributed by atoms with Gasteiger partial charge in [0.05, 0.1) is 18.9 Å². The van der Waals surface area contributed by atoms with Gasteiger partial charge in [0.2, 0.25) is 0 Å². The number of ether oxygens (including phenoxy) is 1. The van der Waals surface area contributed by atoms with Crippen LogP contribution in [0.15, 0.2) is 0 Å². The molecule has 1 saturated heterocycles. The Bertz CT molecular complexity index is 331. The average Bonchev–Trinajstić information content (AvgIpc) is 2.39. The zero-order chi connectivity index (χ0) is 15.2. The van der Waals surface area contributed by atoms with Crippen LogP contribution in [-0.2, 0) is 19.2 Å². The van der Waals surface area contributed by atoms with Gasteiger partial charge in [0.15, 0.2) is 0 Å². The molecule has 0 radical (unpaired) electrons. The van der Waals surface area contributed by atoms with E-state index in [1.54, 1.807) is 5.06 Å². The third-order valence-corrected chi connectivity index (χ3v) is 3.27. The topological polar surface area (TPSA) is 67.9 Å². The molecule has 1 heterocycles. The minimum atomic E-state index is -0.477. The van der Waals surface area contributed by atoms with Gasteiger partial charge in [-0.15, -0.1) is 5.06 Å². The largest absolute Gasteiger partial charge is 0.469 e. The van der Waals surface area contributed by atoms with E-state index in [0.29, 0.717) is 19.0 Å². The second-order valence-electron chi connectivity index (χ2n) is 6.11. The standard InChI is InChI=1S/C14H26N2O4/c1-14(2,3)13(18)20-16-9-6-11(7-10-16)15-8-5-12(17)19-4/h11,15H,5-10H2,1-4H3. The van der Waals surface area contributed by atoms with Crippen molar-refractivity contribution in [2.75, 3.05) is 26.7 Å². The molecule has 0 aromatic rings.